The van der Waals surface area contributed by atoms with E-state index in [0.717, 1.165) is 0 Å². The molecule has 0 radical (unpaired) electrons. The maximum absolute atomic E-state index is 12.0. The average molecular weight is 286 g/mol. The predicted octanol–water partition coefficient (Wildman–Crippen LogP) is 1.99. The van der Waals surface area contributed by atoms with Crippen LogP contribution in [0.3, 0.4) is 0 Å². The highest BCUT2D eigenvalue weighted by Gasteiger charge is 2.11. The van der Waals surface area contributed by atoms with E-state index in [4.69, 9.17) is 0 Å². The van der Waals surface area contributed by atoms with E-state index in [2.05, 4.69) is 9.97 Å². The summed E-state index contributed by atoms with van der Waals surface area (Å²) in [5.41, 5.74) is 0.359. The van der Waals surface area contributed by atoms with Gasteiger partial charge in [-0.2, -0.15) is 0 Å². The number of hydrogen-bond donors (Lipinski definition) is 1. The number of H-pyrrole nitrogens is 1. The van der Waals surface area contributed by atoms with Gasteiger partial charge >= 0.3 is 0 Å². The van der Waals surface area contributed by atoms with Gasteiger partial charge < -0.3 is 9.88 Å². The van der Waals surface area contributed by atoms with Gasteiger partial charge in [0.05, 0.1) is 17.0 Å². The molecule has 0 aliphatic heterocycles. The van der Waals surface area contributed by atoms with Crippen molar-refractivity contribution in [3.63, 3.8) is 0 Å². The van der Waals surface area contributed by atoms with Gasteiger partial charge in [0, 0.05) is 31.6 Å². The Morgan fingerprint density at radius 3 is 2.90 bits per heavy atom. The van der Waals surface area contributed by atoms with Crippen LogP contribution in [0.4, 0.5) is 5.69 Å². The fourth-order valence-corrected chi connectivity index (χ4v) is 1.77. The molecule has 21 heavy (non-hydrogen) atoms. The Bertz CT molecular complexity index is 665. The van der Waals surface area contributed by atoms with Gasteiger partial charge in [-0.1, -0.05) is 12.1 Å². The molecule has 1 N–H and O–H groups in total. The number of imidazole rings is 1. The van der Waals surface area contributed by atoms with E-state index in [-0.39, 0.29) is 11.6 Å². The fourth-order valence-electron chi connectivity index (χ4n) is 1.77. The van der Waals surface area contributed by atoms with Gasteiger partial charge in [0.25, 0.3) is 5.69 Å². The number of rotatable bonds is 5. The summed E-state index contributed by atoms with van der Waals surface area (Å²) in [4.78, 5) is 30.7. The van der Waals surface area contributed by atoms with Crippen LogP contribution in [0.1, 0.15) is 11.4 Å². The van der Waals surface area contributed by atoms with Crippen LogP contribution in [0.15, 0.2) is 42.7 Å². The molecule has 108 valence electrons. The molecule has 2 aromatic rings. The van der Waals surface area contributed by atoms with Crippen molar-refractivity contribution in [3.05, 3.63) is 64.2 Å². The third kappa shape index (κ3) is 3.75. The predicted molar refractivity (Wildman–Crippen MR) is 77.2 cm³/mol. The molecule has 0 fully saturated rings. The van der Waals surface area contributed by atoms with E-state index in [1.807, 2.05) is 0 Å². The number of aromatic amines is 1. The van der Waals surface area contributed by atoms with E-state index < -0.39 is 4.92 Å². The maximum atomic E-state index is 12.0. The van der Waals surface area contributed by atoms with Gasteiger partial charge in [-0.05, 0) is 12.1 Å². The van der Waals surface area contributed by atoms with Gasteiger partial charge in [0.15, 0.2) is 0 Å². The normalized spacial score (nSPS) is 10.7. The molecule has 7 heteroatoms. The number of carbonyl (C=O) groups is 1. The van der Waals surface area contributed by atoms with E-state index >= 15 is 0 Å². The fraction of sp³-hybridized carbons (Fsp3) is 0.143. The zero-order chi connectivity index (χ0) is 15.2. The van der Waals surface area contributed by atoms with Crippen LogP contribution >= 0.6 is 0 Å². The van der Waals surface area contributed by atoms with Crippen molar-refractivity contribution in [2.75, 3.05) is 7.05 Å². The number of nitrogens with one attached hydrogen (secondary N) is 1. The molecule has 0 aliphatic carbocycles. The molecule has 0 saturated carbocycles. The van der Waals surface area contributed by atoms with Crippen molar-refractivity contribution in [1.29, 1.82) is 0 Å². The van der Waals surface area contributed by atoms with Crippen LogP contribution in [0.5, 0.6) is 0 Å². The molecule has 1 heterocycles. The molecular formula is C14H14N4O3. The molecular weight excluding hydrogens is 272 g/mol. The lowest BCUT2D eigenvalue weighted by Crippen LogP contribution is -2.24. The smallest absolute Gasteiger partial charge is 0.276 e. The molecule has 0 spiro atoms. The molecule has 0 bridgehead atoms. The summed E-state index contributed by atoms with van der Waals surface area (Å²) in [7, 11) is 1.63. The topological polar surface area (TPSA) is 92.1 Å². The van der Waals surface area contributed by atoms with Gasteiger partial charge in [-0.3, -0.25) is 14.9 Å². The van der Waals surface area contributed by atoms with Crippen LogP contribution in [-0.4, -0.2) is 32.7 Å². The number of likely N-dealkylation sites (N-methyl/N-ethyl adjacent to an activating group) is 1. The summed E-state index contributed by atoms with van der Waals surface area (Å²) >= 11 is 0. The number of nitrogens with zero attached hydrogens (tertiary/aromatic N) is 3. The SMILES string of the molecule is CN(Cc1ncc[nH]1)C(=O)C=Cc1ccccc1[N+](=O)[O-]. The number of hydrogen-bond acceptors (Lipinski definition) is 4. The first-order valence-corrected chi connectivity index (χ1v) is 6.23. The molecule has 2 rings (SSSR count). The lowest BCUT2D eigenvalue weighted by molar-refractivity contribution is -0.385. The quantitative estimate of drug-likeness (QED) is 0.517. The van der Waals surface area contributed by atoms with Crippen molar-refractivity contribution in [3.8, 4) is 0 Å². The largest absolute Gasteiger partial charge is 0.347 e. The minimum Gasteiger partial charge on any atom is -0.347 e. The van der Waals surface area contributed by atoms with E-state index in [1.54, 1.807) is 37.6 Å². The summed E-state index contributed by atoms with van der Waals surface area (Å²) in [6, 6.07) is 6.26. The first-order chi connectivity index (χ1) is 10.1. The van der Waals surface area contributed by atoms with E-state index in [0.29, 0.717) is 17.9 Å². The number of amides is 1. The number of aromatic nitrogens is 2. The minimum absolute atomic E-state index is 0.0322. The summed E-state index contributed by atoms with van der Waals surface area (Å²) in [6.07, 6.45) is 6.04. The van der Waals surface area contributed by atoms with Crippen molar-refractivity contribution >= 4 is 17.7 Å². The van der Waals surface area contributed by atoms with Gasteiger partial charge in [0.1, 0.15) is 5.82 Å². The lowest BCUT2D eigenvalue weighted by atomic mass is 10.1. The molecule has 0 saturated heterocycles. The van der Waals surface area contributed by atoms with Crippen LogP contribution in [-0.2, 0) is 11.3 Å². The zero-order valence-electron chi connectivity index (χ0n) is 11.4. The Hall–Kier alpha value is -2.96. The second-order valence-electron chi connectivity index (χ2n) is 4.38. The first kappa shape index (κ1) is 14.4. The van der Waals surface area contributed by atoms with Crippen molar-refractivity contribution < 1.29 is 9.72 Å². The summed E-state index contributed by atoms with van der Waals surface area (Å²) < 4.78 is 0. The Morgan fingerprint density at radius 1 is 1.48 bits per heavy atom. The van der Waals surface area contributed by atoms with Gasteiger partial charge in [-0.15, -0.1) is 0 Å². The number of nitro groups is 1. The van der Waals surface area contributed by atoms with Crippen molar-refractivity contribution in [2.24, 2.45) is 0 Å². The standard InChI is InChI=1S/C14H14N4O3/c1-17(10-13-15-8-9-16-13)14(19)7-6-11-4-2-3-5-12(11)18(20)21/h2-9H,10H2,1H3,(H,15,16). The Kier molecular flexibility index (Phi) is 4.45. The molecule has 1 aromatic carbocycles. The van der Waals surface area contributed by atoms with E-state index in [9.17, 15) is 14.9 Å². The second-order valence-corrected chi connectivity index (χ2v) is 4.38. The van der Waals surface area contributed by atoms with Crippen molar-refractivity contribution in [1.82, 2.24) is 14.9 Å². The monoisotopic (exact) mass is 286 g/mol. The summed E-state index contributed by atoms with van der Waals surface area (Å²) in [5, 5.41) is 10.9. The van der Waals surface area contributed by atoms with Crippen LogP contribution in [0.25, 0.3) is 6.08 Å². The third-order valence-electron chi connectivity index (χ3n) is 2.86. The average Bonchev–Trinajstić information content (AvgIpc) is 2.97. The third-order valence-corrected chi connectivity index (χ3v) is 2.86. The Morgan fingerprint density at radius 2 is 2.24 bits per heavy atom. The van der Waals surface area contributed by atoms with Crippen LogP contribution < -0.4 is 0 Å². The van der Waals surface area contributed by atoms with Crippen LogP contribution in [0, 0.1) is 10.1 Å². The molecule has 7 nitrogen and oxygen atoms in total. The molecule has 1 amide bonds. The first-order valence-electron chi connectivity index (χ1n) is 6.23. The van der Waals surface area contributed by atoms with E-state index in [1.165, 1.54) is 23.1 Å². The Labute approximate surface area is 121 Å². The molecule has 1 aromatic heterocycles. The number of nitro benzene ring substituents is 1. The highest BCUT2D eigenvalue weighted by molar-refractivity contribution is 5.92. The Balaban J connectivity index is 2.07. The molecule has 0 unspecified atom stereocenters. The van der Waals surface area contributed by atoms with Crippen LogP contribution in [0.2, 0.25) is 0 Å². The van der Waals surface area contributed by atoms with Crippen molar-refractivity contribution in [2.45, 2.75) is 6.54 Å². The number of carbonyl (C=O) groups excluding carboxylic acids is 1. The maximum Gasteiger partial charge on any atom is 0.276 e. The lowest BCUT2D eigenvalue weighted by Gasteiger charge is -2.12. The molecule has 0 atom stereocenters. The van der Waals surface area contributed by atoms with Gasteiger partial charge in [0.2, 0.25) is 5.91 Å². The summed E-state index contributed by atoms with van der Waals surface area (Å²) in [6.45, 7) is 0.340. The number of para-hydroxylation sites is 1. The second kappa shape index (κ2) is 6.47. The minimum atomic E-state index is -0.475. The number of benzene rings is 1. The van der Waals surface area contributed by atoms with Gasteiger partial charge in [-0.25, -0.2) is 4.98 Å². The summed E-state index contributed by atoms with van der Waals surface area (Å²) in [5.74, 6) is 0.412. The zero-order valence-corrected chi connectivity index (χ0v) is 11.4. The molecule has 0 aliphatic rings. The highest BCUT2D eigenvalue weighted by Crippen LogP contribution is 2.18. The highest BCUT2D eigenvalue weighted by atomic mass is 16.6.